The molecule has 2 aromatic carbocycles. The summed E-state index contributed by atoms with van der Waals surface area (Å²) in [4.78, 5) is 52.3. The van der Waals surface area contributed by atoms with E-state index < -0.39 is 22.8 Å². The minimum absolute atomic E-state index is 0.157. The fourth-order valence-electron chi connectivity index (χ4n) is 2.94. The highest BCUT2D eigenvalue weighted by Crippen LogP contribution is 2.25. The van der Waals surface area contributed by atoms with Crippen molar-refractivity contribution in [3.05, 3.63) is 92.6 Å². The SMILES string of the molecule is O=C1NC(=O)N(c2ccc(Br)cc2)C(=O)/C1=C/c1ccc(Oc2ccc([N+](=O)[O-])cn2)cc1. The van der Waals surface area contributed by atoms with Crippen molar-refractivity contribution < 1.29 is 24.0 Å². The normalized spacial score (nSPS) is 14.9. The number of urea groups is 1. The first-order valence-corrected chi connectivity index (χ1v) is 10.2. The summed E-state index contributed by atoms with van der Waals surface area (Å²) in [5.74, 6) is -0.989. The van der Waals surface area contributed by atoms with Gasteiger partial charge in [-0.25, -0.2) is 14.7 Å². The number of amides is 4. The molecule has 33 heavy (non-hydrogen) atoms. The highest BCUT2D eigenvalue weighted by molar-refractivity contribution is 9.10. The predicted molar refractivity (Wildman–Crippen MR) is 121 cm³/mol. The van der Waals surface area contributed by atoms with Crippen LogP contribution in [0.1, 0.15) is 5.56 Å². The van der Waals surface area contributed by atoms with Gasteiger partial charge in [0.25, 0.3) is 17.5 Å². The van der Waals surface area contributed by atoms with Crippen LogP contribution in [0.2, 0.25) is 0 Å². The van der Waals surface area contributed by atoms with Crippen LogP contribution in [-0.2, 0) is 9.59 Å². The zero-order chi connectivity index (χ0) is 23.5. The number of nitrogens with one attached hydrogen (secondary N) is 1. The number of anilines is 1. The van der Waals surface area contributed by atoms with E-state index in [-0.39, 0.29) is 17.1 Å². The third kappa shape index (κ3) is 4.77. The van der Waals surface area contributed by atoms with Gasteiger partial charge in [0.1, 0.15) is 17.5 Å². The van der Waals surface area contributed by atoms with Gasteiger partial charge in [0, 0.05) is 16.6 Å². The van der Waals surface area contributed by atoms with E-state index in [0.29, 0.717) is 17.0 Å². The van der Waals surface area contributed by atoms with Crippen LogP contribution >= 0.6 is 15.9 Å². The number of carbonyl (C=O) groups is 3. The summed E-state index contributed by atoms with van der Waals surface area (Å²) in [5.41, 5.74) is 0.472. The molecule has 1 aromatic heterocycles. The molecule has 1 aliphatic rings. The molecular formula is C22H13BrN4O6. The third-order valence-corrected chi connectivity index (χ3v) is 5.06. The number of benzene rings is 2. The number of rotatable bonds is 5. The predicted octanol–water partition coefficient (Wildman–Crippen LogP) is 4.21. The third-order valence-electron chi connectivity index (χ3n) is 4.53. The van der Waals surface area contributed by atoms with Gasteiger partial charge in [-0.2, -0.15) is 0 Å². The van der Waals surface area contributed by atoms with E-state index in [9.17, 15) is 24.5 Å². The molecule has 0 unspecified atom stereocenters. The maximum atomic E-state index is 12.9. The van der Waals surface area contributed by atoms with Crippen LogP contribution in [0.3, 0.4) is 0 Å². The summed E-state index contributed by atoms with van der Waals surface area (Å²) in [5, 5.41) is 12.9. The maximum Gasteiger partial charge on any atom is 0.335 e. The van der Waals surface area contributed by atoms with Gasteiger partial charge in [0.2, 0.25) is 5.88 Å². The first-order valence-electron chi connectivity index (χ1n) is 9.37. The summed E-state index contributed by atoms with van der Waals surface area (Å²) in [6, 6.07) is 14.7. The van der Waals surface area contributed by atoms with Crippen LogP contribution in [0, 0.1) is 10.1 Å². The number of barbiturate groups is 1. The number of halogens is 1. The zero-order valence-corrected chi connectivity index (χ0v) is 18.2. The Kier molecular flexibility index (Phi) is 5.96. The first-order chi connectivity index (χ1) is 15.8. The largest absolute Gasteiger partial charge is 0.439 e. The molecule has 1 fully saturated rings. The van der Waals surface area contributed by atoms with Crippen LogP contribution in [0.15, 0.2) is 76.9 Å². The second kappa shape index (κ2) is 9.01. The number of ether oxygens (including phenoxy) is 1. The van der Waals surface area contributed by atoms with Gasteiger partial charge in [0.05, 0.1) is 10.6 Å². The Labute approximate surface area is 194 Å². The monoisotopic (exact) mass is 508 g/mol. The molecule has 0 bridgehead atoms. The fourth-order valence-corrected chi connectivity index (χ4v) is 3.21. The molecule has 1 saturated heterocycles. The van der Waals surface area contributed by atoms with Crippen molar-refractivity contribution >= 4 is 51.2 Å². The number of hydrogen-bond acceptors (Lipinski definition) is 7. The summed E-state index contributed by atoms with van der Waals surface area (Å²) < 4.78 is 6.31. The molecule has 0 spiro atoms. The number of imide groups is 2. The molecule has 10 nitrogen and oxygen atoms in total. The van der Waals surface area contributed by atoms with Crippen LogP contribution in [0.4, 0.5) is 16.2 Å². The average molecular weight is 509 g/mol. The van der Waals surface area contributed by atoms with E-state index >= 15 is 0 Å². The van der Waals surface area contributed by atoms with Crippen molar-refractivity contribution in [2.24, 2.45) is 0 Å². The molecule has 0 atom stereocenters. The van der Waals surface area contributed by atoms with Gasteiger partial charge >= 0.3 is 6.03 Å². The molecule has 1 aliphatic heterocycles. The van der Waals surface area contributed by atoms with Crippen LogP contribution in [0.5, 0.6) is 11.6 Å². The van der Waals surface area contributed by atoms with Gasteiger partial charge in [0.15, 0.2) is 0 Å². The molecular weight excluding hydrogens is 496 g/mol. The number of pyridine rings is 1. The van der Waals surface area contributed by atoms with Crippen molar-refractivity contribution in [1.82, 2.24) is 10.3 Å². The van der Waals surface area contributed by atoms with Gasteiger partial charge < -0.3 is 4.74 Å². The Morgan fingerprint density at radius 2 is 1.70 bits per heavy atom. The summed E-state index contributed by atoms with van der Waals surface area (Å²) in [7, 11) is 0. The molecule has 0 saturated carbocycles. The second-order valence-electron chi connectivity index (χ2n) is 6.72. The summed E-state index contributed by atoms with van der Waals surface area (Å²) in [6.45, 7) is 0. The molecule has 1 N–H and O–H groups in total. The van der Waals surface area contributed by atoms with Gasteiger partial charge in [-0.3, -0.25) is 25.0 Å². The molecule has 0 aliphatic carbocycles. The molecule has 4 rings (SSSR count). The molecule has 0 radical (unpaired) electrons. The maximum absolute atomic E-state index is 12.9. The number of carbonyl (C=O) groups excluding carboxylic acids is 3. The standard InChI is InChI=1S/C22H13BrN4O6/c23-14-3-5-15(6-4-14)26-21(29)18(20(28)25-22(26)30)11-13-1-8-17(9-2-13)33-19-10-7-16(12-24-19)27(31)32/h1-12H,(H,25,28,30)/b18-11+. The number of nitro groups is 1. The Morgan fingerprint density at radius 1 is 1.00 bits per heavy atom. The second-order valence-corrected chi connectivity index (χ2v) is 7.63. The van der Waals surface area contributed by atoms with Gasteiger partial charge in [-0.05, 0) is 48.0 Å². The number of aromatic nitrogens is 1. The van der Waals surface area contributed by atoms with Crippen molar-refractivity contribution in [1.29, 1.82) is 0 Å². The van der Waals surface area contributed by atoms with Crippen LogP contribution < -0.4 is 15.0 Å². The van der Waals surface area contributed by atoms with E-state index in [2.05, 4.69) is 26.2 Å². The Balaban J connectivity index is 1.54. The summed E-state index contributed by atoms with van der Waals surface area (Å²) >= 11 is 3.29. The van der Waals surface area contributed by atoms with E-state index in [1.54, 1.807) is 48.5 Å². The lowest BCUT2D eigenvalue weighted by Gasteiger charge is -2.26. The quantitative estimate of drug-likeness (QED) is 0.236. The topological polar surface area (TPSA) is 132 Å². The minimum Gasteiger partial charge on any atom is -0.439 e. The van der Waals surface area contributed by atoms with E-state index in [1.165, 1.54) is 18.2 Å². The Bertz CT molecular complexity index is 1290. The first kappa shape index (κ1) is 21.8. The lowest BCUT2D eigenvalue weighted by atomic mass is 10.1. The van der Waals surface area contributed by atoms with Crippen LogP contribution in [0.25, 0.3) is 6.08 Å². The number of nitrogens with zero attached hydrogens (tertiary/aromatic N) is 3. The molecule has 4 amide bonds. The van der Waals surface area contributed by atoms with Crippen molar-refractivity contribution in [2.75, 3.05) is 4.90 Å². The van der Waals surface area contributed by atoms with Gasteiger partial charge in [-0.1, -0.05) is 28.1 Å². The average Bonchev–Trinajstić information content (AvgIpc) is 2.79. The highest BCUT2D eigenvalue weighted by Gasteiger charge is 2.36. The van der Waals surface area contributed by atoms with E-state index in [0.717, 1.165) is 15.6 Å². The fraction of sp³-hybridized carbons (Fsp3) is 0. The van der Waals surface area contributed by atoms with Crippen molar-refractivity contribution in [2.45, 2.75) is 0 Å². The Hall–Kier alpha value is -4.38. The smallest absolute Gasteiger partial charge is 0.335 e. The molecule has 3 aromatic rings. The van der Waals surface area contributed by atoms with E-state index in [1.807, 2.05) is 0 Å². The van der Waals surface area contributed by atoms with E-state index in [4.69, 9.17) is 4.74 Å². The molecule has 11 heteroatoms. The van der Waals surface area contributed by atoms with Crippen LogP contribution in [-0.4, -0.2) is 27.8 Å². The lowest BCUT2D eigenvalue weighted by Crippen LogP contribution is -2.54. The Morgan fingerprint density at radius 3 is 2.30 bits per heavy atom. The van der Waals surface area contributed by atoms with Crippen molar-refractivity contribution in [3.8, 4) is 11.6 Å². The summed E-state index contributed by atoms with van der Waals surface area (Å²) in [6.07, 6.45) is 2.45. The highest BCUT2D eigenvalue weighted by atomic mass is 79.9. The molecule has 164 valence electrons. The number of hydrogen-bond donors (Lipinski definition) is 1. The minimum atomic E-state index is -0.830. The van der Waals surface area contributed by atoms with Gasteiger partial charge in [-0.15, -0.1) is 0 Å². The molecule has 2 heterocycles. The zero-order valence-electron chi connectivity index (χ0n) is 16.6. The lowest BCUT2D eigenvalue weighted by molar-refractivity contribution is -0.385. The van der Waals surface area contributed by atoms with Crippen molar-refractivity contribution in [3.63, 3.8) is 0 Å².